The fraction of sp³-hybridized carbons (Fsp3) is 0.333. The molecule has 0 saturated carbocycles. The molecular formula is C21H22N2O5S. The zero-order valence-corrected chi connectivity index (χ0v) is 17.7. The minimum absolute atomic E-state index is 0.0612. The van der Waals surface area contributed by atoms with Crippen LogP contribution in [0.3, 0.4) is 0 Å². The monoisotopic (exact) mass is 414 g/mol. The molecule has 0 aliphatic carbocycles. The molecule has 8 heteroatoms. The normalized spacial score (nSPS) is 11.6. The Bertz CT molecular complexity index is 1170. The summed E-state index contributed by atoms with van der Waals surface area (Å²) in [4.78, 5) is 42.8. The predicted octanol–water partition coefficient (Wildman–Crippen LogP) is 3.74. The zero-order valence-electron chi connectivity index (χ0n) is 16.9. The second kappa shape index (κ2) is 7.44. The first-order valence-corrected chi connectivity index (χ1v) is 9.95. The van der Waals surface area contributed by atoms with Crippen molar-refractivity contribution in [3.8, 4) is 11.4 Å². The molecule has 0 saturated heterocycles. The van der Waals surface area contributed by atoms with Crippen LogP contribution in [0.5, 0.6) is 0 Å². The number of carbonyl (C=O) groups is 2. The summed E-state index contributed by atoms with van der Waals surface area (Å²) in [6.07, 6.45) is 0. The predicted molar refractivity (Wildman–Crippen MR) is 112 cm³/mol. The molecule has 0 radical (unpaired) electrons. The van der Waals surface area contributed by atoms with E-state index < -0.39 is 23.0 Å². The van der Waals surface area contributed by atoms with Crippen LogP contribution < -0.4 is 5.56 Å². The molecule has 1 aromatic carbocycles. The van der Waals surface area contributed by atoms with Gasteiger partial charge >= 0.3 is 11.9 Å². The summed E-state index contributed by atoms with van der Waals surface area (Å²) in [6.45, 7) is 8.58. The van der Waals surface area contributed by atoms with E-state index in [1.165, 1.54) is 4.57 Å². The molecular weight excluding hydrogens is 392 g/mol. The number of nitrogens with zero attached hydrogens (tertiary/aromatic N) is 2. The van der Waals surface area contributed by atoms with Gasteiger partial charge in [0.1, 0.15) is 21.1 Å². The number of aromatic nitrogens is 2. The topological polar surface area (TPSA) is 98.5 Å². The van der Waals surface area contributed by atoms with E-state index in [4.69, 9.17) is 4.74 Å². The van der Waals surface area contributed by atoms with Gasteiger partial charge in [0.2, 0.25) is 0 Å². The van der Waals surface area contributed by atoms with E-state index in [1.807, 2.05) is 31.2 Å². The van der Waals surface area contributed by atoms with Gasteiger partial charge in [-0.3, -0.25) is 9.36 Å². The number of hydrogen-bond donors (Lipinski definition) is 1. The second-order valence-corrected chi connectivity index (χ2v) is 8.26. The Labute approximate surface area is 171 Å². The minimum atomic E-state index is -1.34. The number of benzene rings is 1. The summed E-state index contributed by atoms with van der Waals surface area (Å²) < 4.78 is 6.50. The molecule has 7 nitrogen and oxygen atoms in total. The zero-order chi connectivity index (χ0) is 21.5. The lowest BCUT2D eigenvalue weighted by Crippen LogP contribution is -2.45. The molecule has 152 valence electrons. The summed E-state index contributed by atoms with van der Waals surface area (Å²) in [5.74, 6) is -1.39. The van der Waals surface area contributed by atoms with E-state index in [-0.39, 0.29) is 16.9 Å². The van der Waals surface area contributed by atoms with Crippen LogP contribution in [0.15, 0.2) is 29.1 Å². The van der Waals surface area contributed by atoms with Crippen LogP contribution in [0.2, 0.25) is 0 Å². The first-order valence-electron chi connectivity index (χ1n) is 9.13. The highest BCUT2D eigenvalue weighted by Gasteiger charge is 2.36. The quantitative estimate of drug-likeness (QED) is 0.639. The third kappa shape index (κ3) is 3.44. The molecule has 3 aromatic rings. The largest absolute Gasteiger partial charge is 0.477 e. The van der Waals surface area contributed by atoms with Crippen LogP contribution in [0.4, 0.5) is 0 Å². The van der Waals surface area contributed by atoms with Crippen molar-refractivity contribution < 1.29 is 19.4 Å². The van der Waals surface area contributed by atoms with Gasteiger partial charge in [0.15, 0.2) is 0 Å². The Morgan fingerprint density at radius 3 is 2.38 bits per heavy atom. The van der Waals surface area contributed by atoms with Gasteiger partial charge in [-0.05, 0) is 40.2 Å². The maximum Gasteiger partial charge on any atom is 0.346 e. The lowest BCUT2D eigenvalue weighted by Gasteiger charge is -2.27. The van der Waals surface area contributed by atoms with Crippen molar-refractivity contribution in [2.45, 2.75) is 40.2 Å². The molecule has 0 atom stereocenters. The average Bonchev–Trinajstić information content (AvgIpc) is 2.99. The summed E-state index contributed by atoms with van der Waals surface area (Å²) in [5, 5.41) is 9.67. The van der Waals surface area contributed by atoms with E-state index in [1.54, 1.807) is 27.7 Å². The van der Waals surface area contributed by atoms with Crippen molar-refractivity contribution in [2.24, 2.45) is 0 Å². The van der Waals surface area contributed by atoms with E-state index in [0.717, 1.165) is 16.9 Å². The fourth-order valence-corrected chi connectivity index (χ4v) is 4.21. The smallest absolute Gasteiger partial charge is 0.346 e. The highest BCUT2D eigenvalue weighted by molar-refractivity contribution is 7.20. The van der Waals surface area contributed by atoms with Gasteiger partial charge in [-0.25, -0.2) is 14.6 Å². The third-order valence-electron chi connectivity index (χ3n) is 4.80. The number of fused-ring (bicyclic) bond motifs is 1. The van der Waals surface area contributed by atoms with Gasteiger partial charge in [-0.15, -0.1) is 11.3 Å². The Morgan fingerprint density at radius 1 is 1.21 bits per heavy atom. The van der Waals surface area contributed by atoms with Crippen molar-refractivity contribution in [2.75, 3.05) is 6.61 Å². The number of aromatic carboxylic acids is 1. The van der Waals surface area contributed by atoms with Crippen LogP contribution >= 0.6 is 11.3 Å². The lowest BCUT2D eigenvalue weighted by molar-refractivity contribution is -0.152. The number of rotatable bonds is 5. The van der Waals surface area contributed by atoms with E-state index in [0.29, 0.717) is 21.8 Å². The van der Waals surface area contributed by atoms with Gasteiger partial charge in [0.05, 0.1) is 12.0 Å². The lowest BCUT2D eigenvalue weighted by atomic mass is 10.0. The van der Waals surface area contributed by atoms with Crippen LogP contribution in [-0.2, 0) is 15.1 Å². The molecule has 0 amide bonds. The Hall–Kier alpha value is -3.00. The summed E-state index contributed by atoms with van der Waals surface area (Å²) >= 11 is 0.956. The summed E-state index contributed by atoms with van der Waals surface area (Å²) in [7, 11) is 0. The van der Waals surface area contributed by atoms with Crippen molar-refractivity contribution in [1.29, 1.82) is 0 Å². The molecule has 0 spiro atoms. The molecule has 2 aromatic heterocycles. The van der Waals surface area contributed by atoms with Gasteiger partial charge < -0.3 is 9.84 Å². The Balaban J connectivity index is 2.44. The first-order chi connectivity index (χ1) is 13.6. The molecule has 0 aliphatic rings. The maximum atomic E-state index is 13.5. The van der Waals surface area contributed by atoms with Gasteiger partial charge in [0, 0.05) is 5.56 Å². The number of ether oxygens (including phenoxy) is 1. The highest BCUT2D eigenvalue weighted by Crippen LogP contribution is 2.32. The Kier molecular flexibility index (Phi) is 5.32. The average molecular weight is 414 g/mol. The molecule has 0 aliphatic heterocycles. The number of hydrogen-bond acceptors (Lipinski definition) is 6. The van der Waals surface area contributed by atoms with E-state index in [9.17, 15) is 19.5 Å². The Morgan fingerprint density at radius 2 is 1.83 bits per heavy atom. The standard InChI is InChI=1S/C21H22N2O5S/c1-6-28-20(27)21(4,5)23-16(13-9-7-11(2)8-10-13)22-17-14(18(23)24)12(3)15(29-17)19(25)26/h7-10H,6H2,1-5H3,(H,25,26). The minimum Gasteiger partial charge on any atom is -0.477 e. The van der Waals surface area contributed by atoms with Gasteiger partial charge in [-0.1, -0.05) is 29.8 Å². The maximum absolute atomic E-state index is 13.5. The summed E-state index contributed by atoms with van der Waals surface area (Å²) in [5.41, 5.74) is 0.221. The second-order valence-electron chi connectivity index (χ2n) is 7.26. The SMILES string of the molecule is CCOC(=O)C(C)(C)n1c(-c2ccc(C)cc2)nc2sc(C(=O)O)c(C)c2c1=O. The highest BCUT2D eigenvalue weighted by atomic mass is 32.1. The molecule has 29 heavy (non-hydrogen) atoms. The molecule has 3 rings (SSSR count). The molecule has 2 heterocycles. The summed E-state index contributed by atoms with van der Waals surface area (Å²) in [6, 6.07) is 7.41. The molecule has 0 fully saturated rings. The number of carboxylic acids is 1. The molecule has 1 N–H and O–H groups in total. The van der Waals surface area contributed by atoms with Crippen molar-refractivity contribution in [3.05, 3.63) is 50.6 Å². The number of carbonyl (C=O) groups excluding carboxylic acids is 1. The van der Waals surface area contributed by atoms with E-state index in [2.05, 4.69) is 4.98 Å². The number of thiophene rings is 1. The fourth-order valence-electron chi connectivity index (χ4n) is 3.20. The third-order valence-corrected chi connectivity index (χ3v) is 5.98. The van der Waals surface area contributed by atoms with Gasteiger partial charge in [-0.2, -0.15) is 0 Å². The van der Waals surface area contributed by atoms with E-state index >= 15 is 0 Å². The van der Waals surface area contributed by atoms with Gasteiger partial charge in [0.25, 0.3) is 5.56 Å². The first kappa shape index (κ1) is 20.7. The van der Waals surface area contributed by atoms with Crippen molar-refractivity contribution in [1.82, 2.24) is 9.55 Å². The van der Waals surface area contributed by atoms with Crippen LogP contribution in [0, 0.1) is 13.8 Å². The number of esters is 1. The molecule has 0 bridgehead atoms. The number of carboxylic acid groups (broad SMARTS) is 1. The van der Waals surface area contributed by atoms with Crippen LogP contribution in [0.25, 0.3) is 21.6 Å². The number of aryl methyl sites for hydroxylation is 2. The van der Waals surface area contributed by atoms with Crippen LogP contribution in [0.1, 0.15) is 41.6 Å². The van der Waals surface area contributed by atoms with Crippen LogP contribution in [-0.4, -0.2) is 33.2 Å². The van der Waals surface area contributed by atoms with Crippen molar-refractivity contribution in [3.63, 3.8) is 0 Å². The van der Waals surface area contributed by atoms with Crippen molar-refractivity contribution >= 4 is 33.5 Å². The molecule has 0 unspecified atom stereocenters.